The first-order chi connectivity index (χ1) is 9.13. The van der Waals surface area contributed by atoms with Crippen LogP contribution in [0.3, 0.4) is 0 Å². The minimum absolute atomic E-state index is 0.0557. The molecule has 2 rings (SSSR count). The van der Waals surface area contributed by atoms with Gasteiger partial charge in [0.25, 0.3) is 5.56 Å². The molecule has 1 aromatic heterocycles. The van der Waals surface area contributed by atoms with Gasteiger partial charge < -0.3 is 9.84 Å². The van der Waals surface area contributed by atoms with E-state index in [1.54, 1.807) is 31.2 Å². The lowest BCUT2D eigenvalue weighted by atomic mass is 10.2. The van der Waals surface area contributed by atoms with Gasteiger partial charge in [0.1, 0.15) is 0 Å². The van der Waals surface area contributed by atoms with E-state index in [2.05, 4.69) is 4.98 Å². The number of fused-ring (bicyclic) bond motifs is 1. The van der Waals surface area contributed by atoms with Crippen LogP contribution in [-0.2, 0) is 16.1 Å². The van der Waals surface area contributed by atoms with Gasteiger partial charge in [-0.1, -0.05) is 12.1 Å². The highest BCUT2D eigenvalue weighted by atomic mass is 16.5. The molecule has 1 N–H and O–H groups in total. The van der Waals surface area contributed by atoms with E-state index in [4.69, 9.17) is 9.84 Å². The third kappa shape index (κ3) is 2.79. The summed E-state index contributed by atoms with van der Waals surface area (Å²) in [5, 5.41) is 9.47. The van der Waals surface area contributed by atoms with Crippen molar-refractivity contribution in [1.29, 1.82) is 0 Å². The Hall–Kier alpha value is -2.21. The molecule has 1 aromatic carbocycles. The number of carboxylic acid groups (broad SMARTS) is 1. The Morgan fingerprint density at radius 3 is 2.89 bits per heavy atom. The number of carboxylic acids is 1. The average Bonchev–Trinajstić information content (AvgIpc) is 2.41. The Kier molecular flexibility index (Phi) is 3.91. The van der Waals surface area contributed by atoms with E-state index >= 15 is 0 Å². The molecule has 0 saturated heterocycles. The van der Waals surface area contributed by atoms with Crippen LogP contribution in [0.15, 0.2) is 35.4 Å². The van der Waals surface area contributed by atoms with Crippen molar-refractivity contribution in [2.45, 2.75) is 19.6 Å². The number of nitrogens with zero attached hydrogens (tertiary/aromatic N) is 2. The summed E-state index contributed by atoms with van der Waals surface area (Å²) in [5.74, 6) is -1.10. The van der Waals surface area contributed by atoms with E-state index in [-0.39, 0.29) is 18.7 Å². The number of hydrogen-bond acceptors (Lipinski definition) is 4. The van der Waals surface area contributed by atoms with E-state index in [1.165, 1.54) is 10.9 Å². The molecule has 100 valence electrons. The highest BCUT2D eigenvalue weighted by molar-refractivity contribution is 5.77. The SMILES string of the molecule is CCOC(Cn1cnc2ccccc2c1=O)C(=O)O. The summed E-state index contributed by atoms with van der Waals surface area (Å²) in [7, 11) is 0. The van der Waals surface area contributed by atoms with Gasteiger partial charge in [-0.05, 0) is 19.1 Å². The quantitative estimate of drug-likeness (QED) is 0.865. The maximum absolute atomic E-state index is 12.2. The Balaban J connectivity index is 2.38. The van der Waals surface area contributed by atoms with Crippen LogP contribution in [0.4, 0.5) is 0 Å². The first-order valence-electron chi connectivity index (χ1n) is 5.92. The maximum Gasteiger partial charge on any atom is 0.334 e. The van der Waals surface area contributed by atoms with E-state index in [1.807, 2.05) is 0 Å². The number of rotatable bonds is 5. The predicted octanol–water partition coefficient (Wildman–Crippen LogP) is 0.886. The topological polar surface area (TPSA) is 81.4 Å². The van der Waals surface area contributed by atoms with Crippen molar-refractivity contribution in [2.24, 2.45) is 0 Å². The second-order valence-corrected chi connectivity index (χ2v) is 4.00. The largest absolute Gasteiger partial charge is 0.479 e. The van der Waals surface area contributed by atoms with Gasteiger partial charge in [0.2, 0.25) is 0 Å². The Morgan fingerprint density at radius 2 is 2.21 bits per heavy atom. The Bertz CT molecular complexity index is 650. The summed E-state index contributed by atoms with van der Waals surface area (Å²) in [6.07, 6.45) is 0.297. The molecule has 19 heavy (non-hydrogen) atoms. The highest BCUT2D eigenvalue weighted by Crippen LogP contribution is 2.05. The van der Waals surface area contributed by atoms with E-state index in [0.717, 1.165) is 0 Å². The van der Waals surface area contributed by atoms with Crippen molar-refractivity contribution in [2.75, 3.05) is 6.61 Å². The summed E-state index contributed by atoms with van der Waals surface area (Å²) in [4.78, 5) is 27.3. The lowest BCUT2D eigenvalue weighted by molar-refractivity contribution is -0.151. The molecule has 1 unspecified atom stereocenters. The molecule has 0 bridgehead atoms. The normalized spacial score (nSPS) is 12.5. The molecule has 0 fully saturated rings. The van der Waals surface area contributed by atoms with Crippen molar-refractivity contribution < 1.29 is 14.6 Å². The number of benzene rings is 1. The van der Waals surface area contributed by atoms with Crippen molar-refractivity contribution in [3.63, 3.8) is 0 Å². The van der Waals surface area contributed by atoms with Gasteiger partial charge in [-0.15, -0.1) is 0 Å². The molecule has 0 radical (unpaired) electrons. The molecule has 0 saturated carbocycles. The van der Waals surface area contributed by atoms with Gasteiger partial charge in [-0.2, -0.15) is 0 Å². The molecule has 6 nitrogen and oxygen atoms in total. The number of para-hydroxylation sites is 1. The van der Waals surface area contributed by atoms with Crippen LogP contribution in [0.5, 0.6) is 0 Å². The van der Waals surface area contributed by atoms with Gasteiger partial charge in [-0.3, -0.25) is 9.36 Å². The van der Waals surface area contributed by atoms with Crippen LogP contribution in [0.25, 0.3) is 10.9 Å². The van der Waals surface area contributed by atoms with Gasteiger partial charge >= 0.3 is 5.97 Å². The summed E-state index contributed by atoms with van der Waals surface area (Å²) < 4.78 is 6.35. The second kappa shape index (κ2) is 5.62. The molecule has 6 heteroatoms. The Morgan fingerprint density at radius 1 is 1.47 bits per heavy atom. The summed E-state index contributed by atoms with van der Waals surface area (Å²) in [6, 6.07) is 6.93. The fourth-order valence-corrected chi connectivity index (χ4v) is 1.82. The first kappa shape index (κ1) is 13.2. The summed E-state index contributed by atoms with van der Waals surface area (Å²) >= 11 is 0. The lowest BCUT2D eigenvalue weighted by Gasteiger charge is -2.14. The van der Waals surface area contributed by atoms with Crippen LogP contribution < -0.4 is 5.56 Å². The molecule has 0 amide bonds. The highest BCUT2D eigenvalue weighted by Gasteiger charge is 2.19. The zero-order valence-electron chi connectivity index (χ0n) is 10.4. The van der Waals surface area contributed by atoms with Gasteiger partial charge in [0.15, 0.2) is 6.10 Å². The molecular weight excluding hydrogens is 248 g/mol. The number of aliphatic carboxylic acids is 1. The van der Waals surface area contributed by atoms with Crippen molar-refractivity contribution in [3.8, 4) is 0 Å². The number of ether oxygens (including phenoxy) is 1. The van der Waals surface area contributed by atoms with E-state index < -0.39 is 12.1 Å². The fourth-order valence-electron chi connectivity index (χ4n) is 1.82. The van der Waals surface area contributed by atoms with Crippen LogP contribution in [0.2, 0.25) is 0 Å². The van der Waals surface area contributed by atoms with Crippen LogP contribution in [-0.4, -0.2) is 33.3 Å². The smallest absolute Gasteiger partial charge is 0.334 e. The van der Waals surface area contributed by atoms with Crippen molar-refractivity contribution >= 4 is 16.9 Å². The first-order valence-corrected chi connectivity index (χ1v) is 5.92. The molecule has 1 atom stereocenters. The summed E-state index contributed by atoms with van der Waals surface area (Å²) in [5.41, 5.74) is 0.323. The third-order valence-electron chi connectivity index (χ3n) is 2.74. The minimum atomic E-state index is -1.10. The summed E-state index contributed by atoms with van der Waals surface area (Å²) in [6.45, 7) is 1.92. The number of hydrogen-bond donors (Lipinski definition) is 1. The monoisotopic (exact) mass is 262 g/mol. The third-order valence-corrected chi connectivity index (χ3v) is 2.74. The molecule has 2 aromatic rings. The fraction of sp³-hybridized carbons (Fsp3) is 0.308. The van der Waals surface area contributed by atoms with E-state index in [0.29, 0.717) is 10.9 Å². The molecule has 0 aliphatic carbocycles. The second-order valence-electron chi connectivity index (χ2n) is 4.00. The molecule has 0 aliphatic heterocycles. The van der Waals surface area contributed by atoms with Crippen LogP contribution in [0, 0.1) is 0 Å². The maximum atomic E-state index is 12.2. The molecule has 1 heterocycles. The average molecular weight is 262 g/mol. The minimum Gasteiger partial charge on any atom is -0.479 e. The van der Waals surface area contributed by atoms with Crippen molar-refractivity contribution in [1.82, 2.24) is 9.55 Å². The lowest BCUT2D eigenvalue weighted by Crippen LogP contribution is -2.33. The molecule has 0 spiro atoms. The van der Waals surface area contributed by atoms with Crippen LogP contribution >= 0.6 is 0 Å². The molecule has 0 aliphatic rings. The van der Waals surface area contributed by atoms with Gasteiger partial charge in [-0.25, -0.2) is 9.78 Å². The zero-order chi connectivity index (χ0) is 13.8. The van der Waals surface area contributed by atoms with Crippen LogP contribution in [0.1, 0.15) is 6.92 Å². The Labute approximate surface area is 109 Å². The molecular formula is C13H14N2O4. The predicted molar refractivity (Wildman–Crippen MR) is 69.1 cm³/mol. The zero-order valence-corrected chi connectivity index (χ0v) is 10.4. The standard InChI is InChI=1S/C13H14N2O4/c1-2-19-11(13(17)18)7-15-8-14-10-6-4-3-5-9(10)12(15)16/h3-6,8,11H,2,7H2,1H3,(H,17,18). The van der Waals surface area contributed by atoms with E-state index in [9.17, 15) is 9.59 Å². The number of carbonyl (C=O) groups is 1. The van der Waals surface area contributed by atoms with Gasteiger partial charge in [0, 0.05) is 6.61 Å². The van der Waals surface area contributed by atoms with Crippen molar-refractivity contribution in [3.05, 3.63) is 40.9 Å². The van der Waals surface area contributed by atoms with Gasteiger partial charge in [0.05, 0.1) is 23.8 Å². The number of aromatic nitrogens is 2.